The third kappa shape index (κ3) is 1.82. The van der Waals surface area contributed by atoms with Crippen LogP contribution in [0.5, 0.6) is 0 Å². The molecule has 2 N–H and O–H groups in total. The average molecular weight is 296 g/mol. The number of hydrogen-bond acceptors (Lipinski definition) is 3. The van der Waals surface area contributed by atoms with E-state index < -0.39 is 6.04 Å². The maximum atomic E-state index is 8.54. The van der Waals surface area contributed by atoms with E-state index >= 15 is 0 Å². The van der Waals surface area contributed by atoms with Gasteiger partial charge in [0.15, 0.2) is 0 Å². The lowest BCUT2D eigenvalue weighted by molar-refractivity contribution is 0.922. The van der Waals surface area contributed by atoms with Crippen molar-refractivity contribution in [3.8, 4) is 6.07 Å². The van der Waals surface area contributed by atoms with Crippen LogP contribution in [0.25, 0.3) is 0 Å². The largest absolute Gasteiger partial charge is 0.312 e. The zero-order valence-corrected chi connectivity index (χ0v) is 9.33. The molecule has 1 heterocycles. The van der Waals surface area contributed by atoms with Gasteiger partial charge in [0, 0.05) is 15.4 Å². The van der Waals surface area contributed by atoms with Crippen LogP contribution in [0.1, 0.15) is 11.6 Å². The number of rotatable bonds is 1. The standard InChI is InChI=1S/C6H4Br2N2S/c7-3-2-11-6(8)5(3)4(10)1-9/h2,4H,10H2. The zero-order valence-electron chi connectivity index (χ0n) is 5.34. The quantitative estimate of drug-likeness (QED) is 0.866. The third-order valence-electron chi connectivity index (χ3n) is 1.19. The number of nitrogens with zero attached hydrogens (tertiary/aromatic N) is 1. The van der Waals surface area contributed by atoms with E-state index in [4.69, 9.17) is 11.0 Å². The Hall–Kier alpha value is 0.110. The van der Waals surface area contributed by atoms with Gasteiger partial charge in [0.05, 0.1) is 9.86 Å². The first-order valence-corrected chi connectivity index (χ1v) is 5.21. The maximum Gasteiger partial charge on any atom is 0.121 e. The fourth-order valence-corrected chi connectivity index (χ4v) is 3.22. The van der Waals surface area contributed by atoms with Crippen LogP contribution in [0, 0.1) is 11.3 Å². The van der Waals surface area contributed by atoms with Gasteiger partial charge in [-0.05, 0) is 31.9 Å². The molecule has 0 aliphatic heterocycles. The first-order chi connectivity index (χ1) is 5.16. The summed E-state index contributed by atoms with van der Waals surface area (Å²) < 4.78 is 1.81. The molecule has 2 nitrogen and oxygen atoms in total. The molecule has 0 radical (unpaired) electrons. The molecule has 0 saturated carbocycles. The van der Waals surface area contributed by atoms with E-state index in [-0.39, 0.29) is 0 Å². The Morgan fingerprint density at radius 2 is 2.27 bits per heavy atom. The predicted molar refractivity (Wildman–Crippen MR) is 52.3 cm³/mol. The van der Waals surface area contributed by atoms with E-state index in [0.29, 0.717) is 0 Å². The smallest absolute Gasteiger partial charge is 0.121 e. The van der Waals surface area contributed by atoms with E-state index in [0.717, 1.165) is 13.8 Å². The molecule has 0 spiro atoms. The molecule has 0 aromatic carbocycles. The maximum absolute atomic E-state index is 8.54. The Bertz CT molecular complexity index is 283. The molecule has 1 rings (SSSR count). The van der Waals surface area contributed by atoms with Gasteiger partial charge in [-0.3, -0.25) is 0 Å². The molecule has 5 heteroatoms. The number of nitriles is 1. The van der Waals surface area contributed by atoms with E-state index in [1.54, 1.807) is 0 Å². The van der Waals surface area contributed by atoms with Crippen molar-refractivity contribution >= 4 is 43.2 Å². The van der Waals surface area contributed by atoms with Crippen molar-refractivity contribution in [2.24, 2.45) is 5.73 Å². The molecule has 1 unspecified atom stereocenters. The Balaban J connectivity index is 3.12. The first kappa shape index (κ1) is 9.20. The van der Waals surface area contributed by atoms with Gasteiger partial charge in [0.1, 0.15) is 6.04 Å². The van der Waals surface area contributed by atoms with E-state index in [1.165, 1.54) is 11.3 Å². The fourth-order valence-electron chi connectivity index (χ4n) is 0.660. The summed E-state index contributed by atoms with van der Waals surface area (Å²) in [6, 6.07) is 1.42. The Labute approximate surface area is 85.3 Å². The average Bonchev–Trinajstić information content (AvgIpc) is 2.30. The Kier molecular flexibility index (Phi) is 3.07. The minimum atomic E-state index is -0.551. The highest BCUT2D eigenvalue weighted by atomic mass is 79.9. The summed E-state index contributed by atoms with van der Waals surface area (Å²) in [5.74, 6) is 0. The molecule has 58 valence electrons. The molecular formula is C6H4Br2N2S. The molecule has 0 aliphatic carbocycles. The van der Waals surface area contributed by atoms with Crippen molar-refractivity contribution in [1.82, 2.24) is 0 Å². The Morgan fingerprint density at radius 3 is 2.64 bits per heavy atom. The molecule has 0 aliphatic rings. The van der Waals surface area contributed by atoms with E-state index in [1.807, 2.05) is 11.4 Å². The molecule has 0 amide bonds. The highest BCUT2D eigenvalue weighted by Crippen LogP contribution is 2.35. The van der Waals surface area contributed by atoms with Gasteiger partial charge in [0.2, 0.25) is 0 Å². The van der Waals surface area contributed by atoms with Crippen LogP contribution in [-0.4, -0.2) is 0 Å². The minimum absolute atomic E-state index is 0.551. The van der Waals surface area contributed by atoms with E-state index in [2.05, 4.69) is 31.9 Å². The van der Waals surface area contributed by atoms with Crippen molar-refractivity contribution in [3.63, 3.8) is 0 Å². The lowest BCUT2D eigenvalue weighted by Gasteiger charge is -2.00. The fraction of sp³-hybridized carbons (Fsp3) is 0.167. The highest BCUT2D eigenvalue weighted by molar-refractivity contribution is 9.11. The second kappa shape index (κ2) is 3.68. The van der Waals surface area contributed by atoms with Crippen molar-refractivity contribution in [1.29, 1.82) is 5.26 Å². The predicted octanol–water partition coefficient (Wildman–Crippen LogP) is 2.80. The van der Waals surface area contributed by atoms with Crippen molar-refractivity contribution in [2.45, 2.75) is 6.04 Å². The summed E-state index contributed by atoms with van der Waals surface area (Å²) in [7, 11) is 0. The summed E-state index contributed by atoms with van der Waals surface area (Å²) in [5.41, 5.74) is 6.36. The van der Waals surface area contributed by atoms with Gasteiger partial charge >= 0.3 is 0 Å². The third-order valence-corrected chi connectivity index (χ3v) is 3.91. The molecule has 0 fully saturated rings. The van der Waals surface area contributed by atoms with Crippen LogP contribution in [0.2, 0.25) is 0 Å². The van der Waals surface area contributed by atoms with Crippen molar-refractivity contribution < 1.29 is 0 Å². The lowest BCUT2D eigenvalue weighted by Crippen LogP contribution is -2.06. The van der Waals surface area contributed by atoms with Crippen LogP contribution in [0.3, 0.4) is 0 Å². The molecule has 11 heavy (non-hydrogen) atoms. The second-order valence-electron chi connectivity index (χ2n) is 1.88. The monoisotopic (exact) mass is 294 g/mol. The molecule has 1 aromatic rings. The van der Waals surface area contributed by atoms with Gasteiger partial charge in [-0.15, -0.1) is 11.3 Å². The van der Waals surface area contributed by atoms with E-state index in [9.17, 15) is 0 Å². The van der Waals surface area contributed by atoms with Crippen molar-refractivity contribution in [2.75, 3.05) is 0 Å². The number of nitrogens with two attached hydrogens (primary N) is 1. The number of thiophene rings is 1. The van der Waals surface area contributed by atoms with Crippen molar-refractivity contribution in [3.05, 3.63) is 19.2 Å². The van der Waals surface area contributed by atoms with Gasteiger partial charge in [-0.1, -0.05) is 0 Å². The summed E-state index contributed by atoms with van der Waals surface area (Å²) in [6.07, 6.45) is 0. The summed E-state index contributed by atoms with van der Waals surface area (Å²) in [5, 5.41) is 10.4. The zero-order chi connectivity index (χ0) is 8.43. The molecule has 0 saturated heterocycles. The normalized spacial score (nSPS) is 12.5. The highest BCUT2D eigenvalue weighted by Gasteiger charge is 2.14. The Morgan fingerprint density at radius 1 is 1.64 bits per heavy atom. The van der Waals surface area contributed by atoms with Crippen LogP contribution in [-0.2, 0) is 0 Å². The molecular weight excluding hydrogens is 292 g/mol. The SMILES string of the molecule is N#CC(N)c1c(Br)csc1Br. The lowest BCUT2D eigenvalue weighted by atomic mass is 10.2. The van der Waals surface area contributed by atoms with Gasteiger partial charge < -0.3 is 5.73 Å². The number of hydrogen-bond donors (Lipinski definition) is 1. The first-order valence-electron chi connectivity index (χ1n) is 2.74. The summed E-state index contributed by atoms with van der Waals surface area (Å²) in [4.78, 5) is 0. The topological polar surface area (TPSA) is 49.8 Å². The summed E-state index contributed by atoms with van der Waals surface area (Å²) >= 11 is 8.14. The number of halogens is 2. The molecule has 1 aromatic heterocycles. The van der Waals surface area contributed by atoms with Crippen LogP contribution in [0.4, 0.5) is 0 Å². The minimum Gasteiger partial charge on any atom is -0.312 e. The summed E-state index contributed by atoms with van der Waals surface area (Å²) in [6.45, 7) is 0. The van der Waals surface area contributed by atoms with Gasteiger partial charge in [-0.2, -0.15) is 5.26 Å². The molecule has 0 bridgehead atoms. The second-order valence-corrected chi connectivity index (χ2v) is 4.93. The molecule has 1 atom stereocenters. The van der Waals surface area contributed by atoms with Crippen LogP contribution < -0.4 is 5.73 Å². The van der Waals surface area contributed by atoms with Gasteiger partial charge in [-0.25, -0.2) is 0 Å². The van der Waals surface area contributed by atoms with Crippen LogP contribution in [0.15, 0.2) is 13.6 Å². The van der Waals surface area contributed by atoms with Crippen LogP contribution >= 0.6 is 43.2 Å². The van der Waals surface area contributed by atoms with Gasteiger partial charge in [0.25, 0.3) is 0 Å².